The second-order valence-electron chi connectivity index (χ2n) is 8.23. The van der Waals surface area contributed by atoms with Crippen LogP contribution < -0.4 is 4.74 Å². The molecule has 7 nitrogen and oxygen atoms in total. The molecular formula is C26H30N2O5. The number of carbonyl (C=O) groups excluding carboxylic acids is 2. The Morgan fingerprint density at radius 2 is 1.73 bits per heavy atom. The zero-order chi connectivity index (χ0) is 23.2. The first kappa shape index (κ1) is 23.0. The summed E-state index contributed by atoms with van der Waals surface area (Å²) in [4.78, 5) is 30.0. The molecule has 7 heteroatoms. The number of aliphatic hydroxyl groups excluding tert-OH is 1. The Bertz CT molecular complexity index is 997. The highest BCUT2D eigenvalue weighted by Crippen LogP contribution is 2.39. The third-order valence-electron chi connectivity index (χ3n) is 6.02. The molecule has 0 bridgehead atoms. The predicted molar refractivity (Wildman–Crippen MR) is 125 cm³/mol. The lowest BCUT2D eigenvalue weighted by Crippen LogP contribution is -2.42. The van der Waals surface area contributed by atoms with Gasteiger partial charge in [-0.2, -0.15) is 0 Å². The van der Waals surface area contributed by atoms with Gasteiger partial charge in [-0.15, -0.1) is 0 Å². The lowest BCUT2D eigenvalue weighted by Gasteiger charge is -2.31. The van der Waals surface area contributed by atoms with Crippen LogP contribution in [0, 0.1) is 0 Å². The third kappa shape index (κ3) is 5.10. The molecule has 0 spiro atoms. The Labute approximate surface area is 194 Å². The van der Waals surface area contributed by atoms with Crippen LogP contribution in [0.15, 0.2) is 60.2 Å². The number of benzene rings is 2. The van der Waals surface area contributed by atoms with Crippen molar-refractivity contribution >= 4 is 17.4 Å². The first-order valence-electron chi connectivity index (χ1n) is 11.5. The maximum Gasteiger partial charge on any atom is 0.295 e. The van der Waals surface area contributed by atoms with Crippen molar-refractivity contribution in [3.05, 3.63) is 71.3 Å². The van der Waals surface area contributed by atoms with Crippen molar-refractivity contribution in [2.75, 3.05) is 46.0 Å². The van der Waals surface area contributed by atoms with Crippen molar-refractivity contribution in [2.45, 2.75) is 19.4 Å². The first-order chi connectivity index (χ1) is 16.1. The minimum absolute atomic E-state index is 0.121. The van der Waals surface area contributed by atoms with E-state index in [2.05, 4.69) is 4.90 Å². The number of rotatable bonds is 8. The van der Waals surface area contributed by atoms with Crippen LogP contribution in [0.5, 0.6) is 5.75 Å². The Morgan fingerprint density at radius 3 is 2.39 bits per heavy atom. The van der Waals surface area contributed by atoms with Crippen molar-refractivity contribution < 1.29 is 24.2 Å². The zero-order valence-corrected chi connectivity index (χ0v) is 18.9. The second kappa shape index (κ2) is 10.6. The largest absolute Gasteiger partial charge is 0.507 e. The number of ketones is 1. The van der Waals surface area contributed by atoms with E-state index in [1.54, 1.807) is 29.2 Å². The molecule has 0 saturated carbocycles. The molecule has 174 valence electrons. The smallest absolute Gasteiger partial charge is 0.295 e. The minimum Gasteiger partial charge on any atom is -0.507 e. The predicted octanol–water partition coefficient (Wildman–Crippen LogP) is 3.23. The van der Waals surface area contributed by atoms with E-state index >= 15 is 0 Å². The summed E-state index contributed by atoms with van der Waals surface area (Å²) in [6.45, 7) is 6.59. The van der Waals surface area contributed by atoms with Gasteiger partial charge in [0.25, 0.3) is 11.7 Å². The highest BCUT2D eigenvalue weighted by molar-refractivity contribution is 6.46. The van der Waals surface area contributed by atoms with Gasteiger partial charge in [-0.05, 0) is 24.1 Å². The molecule has 2 fully saturated rings. The van der Waals surface area contributed by atoms with Gasteiger partial charge in [-0.1, -0.05) is 49.4 Å². The highest BCUT2D eigenvalue weighted by atomic mass is 16.5. The summed E-state index contributed by atoms with van der Waals surface area (Å²) in [7, 11) is 0. The molecule has 2 aromatic rings. The van der Waals surface area contributed by atoms with E-state index in [9.17, 15) is 14.7 Å². The number of amides is 1. The quantitative estimate of drug-likeness (QED) is 0.378. The van der Waals surface area contributed by atoms with E-state index in [4.69, 9.17) is 9.47 Å². The lowest BCUT2D eigenvalue weighted by molar-refractivity contribution is -0.140. The van der Waals surface area contributed by atoms with Crippen LogP contribution >= 0.6 is 0 Å². The summed E-state index contributed by atoms with van der Waals surface area (Å²) in [5.41, 5.74) is 1.39. The number of Topliss-reactive ketones (excluding diaryl/α,β-unsaturated/α-hetero) is 1. The van der Waals surface area contributed by atoms with Crippen molar-refractivity contribution in [3.8, 4) is 5.75 Å². The standard InChI is InChI=1S/C26H30N2O5/c1-2-16-33-21-10-8-19(9-11-21)23-22(24(29)20-6-4-3-5-7-20)25(30)26(31)28(23)13-12-27-14-17-32-18-15-27/h3-11,23,29H,2,12-18H2,1H3/b24-22+. The average molecular weight is 451 g/mol. The summed E-state index contributed by atoms with van der Waals surface area (Å²) < 4.78 is 11.1. The summed E-state index contributed by atoms with van der Waals surface area (Å²) in [6.07, 6.45) is 0.903. The molecule has 1 N–H and O–H groups in total. The first-order valence-corrected chi connectivity index (χ1v) is 11.5. The third-order valence-corrected chi connectivity index (χ3v) is 6.02. The van der Waals surface area contributed by atoms with Gasteiger partial charge in [-0.3, -0.25) is 14.5 Å². The van der Waals surface area contributed by atoms with Gasteiger partial charge in [0.15, 0.2) is 0 Å². The van der Waals surface area contributed by atoms with E-state index in [-0.39, 0.29) is 11.3 Å². The number of ether oxygens (including phenoxy) is 2. The number of nitrogens with zero attached hydrogens (tertiary/aromatic N) is 2. The fourth-order valence-electron chi connectivity index (χ4n) is 4.25. The van der Waals surface area contributed by atoms with E-state index in [1.807, 2.05) is 37.3 Å². The number of carbonyl (C=O) groups is 2. The minimum atomic E-state index is -0.661. The monoisotopic (exact) mass is 450 g/mol. The lowest BCUT2D eigenvalue weighted by atomic mass is 9.95. The Balaban J connectivity index is 1.68. The van der Waals surface area contributed by atoms with E-state index in [0.717, 1.165) is 30.8 Å². The number of aliphatic hydroxyl groups is 1. The molecule has 2 aliphatic rings. The summed E-state index contributed by atoms with van der Waals surface area (Å²) in [5.74, 6) is -0.667. The number of hydrogen-bond donors (Lipinski definition) is 1. The van der Waals surface area contributed by atoms with Crippen LogP contribution in [-0.4, -0.2) is 72.6 Å². The van der Waals surface area contributed by atoms with E-state index in [1.165, 1.54) is 0 Å². The Hall–Kier alpha value is -3.16. The molecule has 1 unspecified atom stereocenters. The summed E-state index contributed by atoms with van der Waals surface area (Å²) in [6, 6.07) is 15.6. The Morgan fingerprint density at radius 1 is 1.03 bits per heavy atom. The van der Waals surface area contributed by atoms with Crippen LogP contribution in [-0.2, 0) is 14.3 Å². The van der Waals surface area contributed by atoms with Crippen LogP contribution in [0.4, 0.5) is 0 Å². The maximum atomic E-state index is 13.1. The zero-order valence-electron chi connectivity index (χ0n) is 18.9. The molecule has 4 rings (SSSR count). The molecule has 2 aliphatic heterocycles. The van der Waals surface area contributed by atoms with Crippen molar-refractivity contribution in [2.24, 2.45) is 0 Å². The van der Waals surface area contributed by atoms with Crippen molar-refractivity contribution in [3.63, 3.8) is 0 Å². The SMILES string of the molecule is CCCOc1ccc(C2/C(=C(\O)c3ccccc3)C(=O)C(=O)N2CCN2CCOCC2)cc1. The van der Waals surface area contributed by atoms with Gasteiger partial charge in [-0.25, -0.2) is 0 Å². The normalized spacial score (nSPS) is 20.9. The highest BCUT2D eigenvalue weighted by Gasteiger charge is 2.46. The molecule has 0 radical (unpaired) electrons. The molecule has 33 heavy (non-hydrogen) atoms. The van der Waals surface area contributed by atoms with Gasteiger partial charge >= 0.3 is 0 Å². The van der Waals surface area contributed by atoms with E-state index < -0.39 is 17.7 Å². The topological polar surface area (TPSA) is 79.3 Å². The molecular weight excluding hydrogens is 420 g/mol. The van der Waals surface area contributed by atoms with Crippen molar-refractivity contribution in [1.29, 1.82) is 0 Å². The van der Waals surface area contributed by atoms with Crippen LogP contribution in [0.25, 0.3) is 5.76 Å². The van der Waals surface area contributed by atoms with Crippen LogP contribution in [0.3, 0.4) is 0 Å². The van der Waals surface area contributed by atoms with Crippen LogP contribution in [0.1, 0.15) is 30.5 Å². The molecule has 1 amide bonds. The van der Waals surface area contributed by atoms with Gasteiger partial charge in [0.1, 0.15) is 11.5 Å². The molecule has 0 aromatic heterocycles. The fourth-order valence-corrected chi connectivity index (χ4v) is 4.25. The molecule has 1 atom stereocenters. The summed E-state index contributed by atoms with van der Waals surface area (Å²) in [5, 5.41) is 11.1. The van der Waals surface area contributed by atoms with Gasteiger partial charge in [0, 0.05) is 31.7 Å². The molecule has 2 heterocycles. The molecule has 2 aromatic carbocycles. The van der Waals surface area contributed by atoms with Gasteiger partial charge in [0.05, 0.1) is 31.4 Å². The molecule has 0 aliphatic carbocycles. The molecule has 2 saturated heterocycles. The number of morpholine rings is 1. The van der Waals surface area contributed by atoms with E-state index in [0.29, 0.717) is 38.5 Å². The fraction of sp³-hybridized carbons (Fsp3) is 0.385. The van der Waals surface area contributed by atoms with Crippen molar-refractivity contribution in [1.82, 2.24) is 9.80 Å². The summed E-state index contributed by atoms with van der Waals surface area (Å²) >= 11 is 0. The number of likely N-dealkylation sites (tertiary alicyclic amines) is 1. The second-order valence-corrected chi connectivity index (χ2v) is 8.23. The maximum absolute atomic E-state index is 13.1. The van der Waals surface area contributed by atoms with Gasteiger partial charge in [0.2, 0.25) is 0 Å². The Kier molecular flexibility index (Phi) is 7.42. The van der Waals surface area contributed by atoms with Gasteiger partial charge < -0.3 is 19.5 Å². The average Bonchev–Trinajstić information content (AvgIpc) is 3.12. The van der Waals surface area contributed by atoms with Crippen LogP contribution in [0.2, 0.25) is 0 Å². The number of hydrogen-bond acceptors (Lipinski definition) is 6.